The molecule has 3 amide bonds. The van der Waals surface area contributed by atoms with Crippen LogP contribution in [0.5, 0.6) is 0 Å². The predicted octanol–water partition coefficient (Wildman–Crippen LogP) is 2.55. The van der Waals surface area contributed by atoms with Crippen molar-refractivity contribution in [2.75, 3.05) is 6.61 Å². The van der Waals surface area contributed by atoms with Gasteiger partial charge < -0.3 is 10.1 Å². The average molecular weight is 401 g/mol. The molecule has 4 aliphatic carbocycles. The molecule has 4 saturated carbocycles. The molecule has 4 fully saturated rings. The van der Waals surface area contributed by atoms with Gasteiger partial charge in [0, 0.05) is 17.7 Å². The van der Waals surface area contributed by atoms with Crippen LogP contribution in [0.15, 0.2) is 24.3 Å². The number of ether oxygens (including phenoxy) is 1. The minimum absolute atomic E-state index is 0.0846. The molecular weight excluding hydrogens is 378 g/mol. The quantitative estimate of drug-likeness (QED) is 0.443. The van der Waals surface area contributed by atoms with Gasteiger partial charge >= 0.3 is 12.0 Å². The summed E-state index contributed by atoms with van der Waals surface area (Å²) in [6.45, 7) is -0.607. The van der Waals surface area contributed by atoms with E-state index in [1.165, 1.54) is 43.5 Å². The zero-order valence-electron chi connectivity index (χ0n) is 15.9. The third-order valence-corrected chi connectivity index (χ3v) is 6.32. The molecule has 9 heteroatoms. The molecule has 2 N–H and O–H groups in total. The first-order valence-corrected chi connectivity index (χ1v) is 9.85. The van der Waals surface area contributed by atoms with Gasteiger partial charge in [-0.1, -0.05) is 0 Å². The van der Waals surface area contributed by atoms with E-state index < -0.39 is 29.4 Å². The maximum atomic E-state index is 12.3. The number of benzene rings is 1. The fraction of sp³-hybridized carbons (Fsp3) is 0.550. The third kappa shape index (κ3) is 4.23. The predicted molar refractivity (Wildman–Crippen MR) is 101 cm³/mol. The highest BCUT2D eigenvalue weighted by Gasteiger charge is 2.51. The van der Waals surface area contributed by atoms with E-state index in [1.807, 2.05) is 0 Å². The Morgan fingerprint density at radius 1 is 1.03 bits per heavy atom. The molecule has 4 aliphatic rings. The number of nitrogens with zero attached hydrogens (tertiary/aromatic N) is 1. The number of nitrogens with one attached hydrogen (secondary N) is 2. The monoisotopic (exact) mass is 401 g/mol. The Morgan fingerprint density at radius 3 is 2.10 bits per heavy atom. The third-order valence-electron chi connectivity index (χ3n) is 6.32. The molecule has 0 saturated heterocycles. The second kappa shape index (κ2) is 7.46. The summed E-state index contributed by atoms with van der Waals surface area (Å²) in [5.74, 6) is 0.485. The van der Waals surface area contributed by atoms with Crippen molar-refractivity contribution in [3.05, 3.63) is 39.9 Å². The lowest BCUT2D eigenvalue weighted by atomic mass is 9.53. The number of hydrogen-bond donors (Lipinski definition) is 2. The van der Waals surface area contributed by atoms with Gasteiger partial charge in [-0.15, -0.1) is 0 Å². The lowest BCUT2D eigenvalue weighted by molar-refractivity contribution is -0.384. The molecule has 5 rings (SSSR count). The Bertz CT molecular complexity index is 815. The van der Waals surface area contributed by atoms with Crippen molar-refractivity contribution in [1.29, 1.82) is 0 Å². The van der Waals surface area contributed by atoms with Crippen molar-refractivity contribution in [2.45, 2.75) is 44.1 Å². The number of carbonyl (C=O) groups is 3. The number of nitro groups is 1. The summed E-state index contributed by atoms with van der Waals surface area (Å²) >= 11 is 0. The van der Waals surface area contributed by atoms with E-state index in [-0.39, 0.29) is 16.8 Å². The van der Waals surface area contributed by atoms with Gasteiger partial charge in [0.2, 0.25) is 0 Å². The minimum Gasteiger partial charge on any atom is -0.452 e. The van der Waals surface area contributed by atoms with Crippen LogP contribution in [-0.4, -0.2) is 35.0 Å². The molecule has 0 heterocycles. The zero-order valence-corrected chi connectivity index (χ0v) is 15.9. The molecule has 29 heavy (non-hydrogen) atoms. The Balaban J connectivity index is 1.25. The van der Waals surface area contributed by atoms with Crippen LogP contribution in [0.4, 0.5) is 10.5 Å². The van der Waals surface area contributed by atoms with Crippen molar-refractivity contribution >= 4 is 23.6 Å². The SMILES string of the molecule is O=C(COC(=O)c1ccc([N+](=O)[O-])cc1)NC(=O)NC12CC3CC(CC(C3)C1)C2. The molecule has 0 radical (unpaired) electrons. The van der Waals surface area contributed by atoms with Crippen LogP contribution in [0.25, 0.3) is 0 Å². The van der Waals surface area contributed by atoms with E-state index in [9.17, 15) is 24.5 Å². The summed E-state index contributed by atoms with van der Waals surface area (Å²) in [5, 5.41) is 15.9. The van der Waals surface area contributed by atoms with E-state index >= 15 is 0 Å². The number of nitro benzene ring substituents is 1. The van der Waals surface area contributed by atoms with Crippen molar-refractivity contribution in [3.63, 3.8) is 0 Å². The second-order valence-electron chi connectivity index (χ2n) is 8.58. The Hall–Kier alpha value is -2.97. The fourth-order valence-electron chi connectivity index (χ4n) is 5.63. The number of non-ortho nitro benzene ring substituents is 1. The van der Waals surface area contributed by atoms with Crippen LogP contribution < -0.4 is 10.6 Å². The summed E-state index contributed by atoms with van der Waals surface area (Å²) in [5.41, 5.74) is -0.281. The lowest BCUT2D eigenvalue weighted by Crippen LogP contribution is -2.62. The lowest BCUT2D eigenvalue weighted by Gasteiger charge is -2.56. The summed E-state index contributed by atoms with van der Waals surface area (Å²) in [4.78, 5) is 46.3. The number of rotatable bonds is 5. The molecule has 1 aromatic rings. The molecule has 0 aromatic heterocycles. The number of esters is 1. The van der Waals surface area contributed by atoms with Gasteiger partial charge in [-0.2, -0.15) is 0 Å². The first-order valence-electron chi connectivity index (χ1n) is 9.85. The molecule has 154 valence electrons. The van der Waals surface area contributed by atoms with Crippen molar-refractivity contribution < 1.29 is 24.0 Å². The van der Waals surface area contributed by atoms with Gasteiger partial charge in [-0.05, 0) is 68.4 Å². The summed E-state index contributed by atoms with van der Waals surface area (Å²) in [7, 11) is 0. The van der Waals surface area contributed by atoms with Crippen LogP contribution in [0, 0.1) is 27.9 Å². The highest BCUT2D eigenvalue weighted by atomic mass is 16.6. The molecule has 1 aromatic carbocycles. The standard InChI is InChI=1S/C20H23N3O6/c24-17(11-29-18(25)15-1-3-16(4-2-15)23(27)28)21-19(26)22-20-8-12-5-13(9-20)7-14(6-12)10-20/h1-4,12-14H,5-11H2,(H2,21,22,24,26). The molecule has 0 unspecified atom stereocenters. The summed E-state index contributed by atoms with van der Waals surface area (Å²) in [6, 6.07) is 4.30. The zero-order chi connectivity index (χ0) is 20.6. The number of hydrogen-bond acceptors (Lipinski definition) is 6. The van der Waals surface area contributed by atoms with E-state index in [2.05, 4.69) is 10.6 Å². The molecule has 4 bridgehead atoms. The first kappa shape index (κ1) is 19.4. The van der Waals surface area contributed by atoms with Crippen molar-refractivity contribution in [1.82, 2.24) is 10.6 Å². The van der Waals surface area contributed by atoms with Gasteiger partial charge in [0.05, 0.1) is 10.5 Å². The van der Waals surface area contributed by atoms with Crippen LogP contribution in [-0.2, 0) is 9.53 Å². The van der Waals surface area contributed by atoms with Crippen LogP contribution in [0.3, 0.4) is 0 Å². The maximum Gasteiger partial charge on any atom is 0.338 e. The second-order valence-corrected chi connectivity index (χ2v) is 8.58. The number of carbonyl (C=O) groups excluding carboxylic acids is 3. The topological polar surface area (TPSA) is 128 Å². The van der Waals surface area contributed by atoms with Crippen LogP contribution in [0.1, 0.15) is 48.9 Å². The first-order chi connectivity index (χ1) is 13.8. The Labute approximate surface area is 167 Å². The summed E-state index contributed by atoms with van der Waals surface area (Å²) < 4.78 is 4.88. The van der Waals surface area contributed by atoms with Gasteiger partial charge in [-0.3, -0.25) is 20.2 Å². The average Bonchev–Trinajstić information content (AvgIpc) is 2.64. The maximum absolute atomic E-state index is 12.3. The van der Waals surface area contributed by atoms with E-state index in [0.717, 1.165) is 19.3 Å². The Morgan fingerprint density at radius 2 is 1.59 bits per heavy atom. The smallest absolute Gasteiger partial charge is 0.338 e. The molecular formula is C20H23N3O6. The number of imide groups is 1. The number of urea groups is 1. The summed E-state index contributed by atoms with van der Waals surface area (Å²) in [6.07, 6.45) is 6.65. The fourth-order valence-corrected chi connectivity index (χ4v) is 5.63. The van der Waals surface area contributed by atoms with Crippen LogP contribution >= 0.6 is 0 Å². The van der Waals surface area contributed by atoms with E-state index in [0.29, 0.717) is 17.8 Å². The largest absolute Gasteiger partial charge is 0.452 e. The van der Waals surface area contributed by atoms with Gasteiger partial charge in [0.1, 0.15) is 0 Å². The van der Waals surface area contributed by atoms with E-state index in [1.54, 1.807) is 0 Å². The minimum atomic E-state index is -0.795. The molecule has 0 spiro atoms. The van der Waals surface area contributed by atoms with Gasteiger partial charge in [-0.25, -0.2) is 9.59 Å². The van der Waals surface area contributed by atoms with Gasteiger partial charge in [0.15, 0.2) is 6.61 Å². The normalized spacial score (nSPS) is 29.2. The van der Waals surface area contributed by atoms with Crippen molar-refractivity contribution in [3.8, 4) is 0 Å². The highest BCUT2D eigenvalue weighted by Crippen LogP contribution is 2.55. The van der Waals surface area contributed by atoms with E-state index in [4.69, 9.17) is 4.74 Å². The molecule has 0 aliphatic heterocycles. The van der Waals surface area contributed by atoms with Gasteiger partial charge in [0.25, 0.3) is 11.6 Å². The van der Waals surface area contributed by atoms with Crippen molar-refractivity contribution in [2.24, 2.45) is 17.8 Å². The number of amides is 3. The van der Waals surface area contributed by atoms with Crippen LogP contribution in [0.2, 0.25) is 0 Å². The molecule has 9 nitrogen and oxygen atoms in total. The highest BCUT2D eigenvalue weighted by molar-refractivity contribution is 5.97. The Kier molecular flexibility index (Phi) is 4.97. The molecule has 0 atom stereocenters.